The van der Waals surface area contributed by atoms with Crippen LogP contribution < -0.4 is 4.90 Å². The first-order valence-corrected chi connectivity index (χ1v) is 10.0. The lowest BCUT2D eigenvalue weighted by molar-refractivity contribution is 0.546. The number of hydrogen-bond acceptors (Lipinski definition) is 2. The van der Waals surface area contributed by atoms with Crippen molar-refractivity contribution in [2.24, 2.45) is 4.99 Å². The Bertz CT molecular complexity index is 884. The Morgan fingerprint density at radius 1 is 1.23 bits per heavy atom. The molecule has 0 saturated heterocycles. The zero-order valence-corrected chi connectivity index (χ0v) is 17.8. The van der Waals surface area contributed by atoms with Gasteiger partial charge in [0.2, 0.25) is 0 Å². The summed E-state index contributed by atoms with van der Waals surface area (Å²) in [6.07, 6.45) is 4.91. The molecule has 0 N–H and O–H groups in total. The van der Waals surface area contributed by atoms with E-state index in [0.717, 1.165) is 33.5 Å². The van der Waals surface area contributed by atoms with Crippen LogP contribution in [0.15, 0.2) is 47.5 Å². The third kappa shape index (κ3) is 3.85. The Hall–Kier alpha value is -1.69. The molecule has 136 valence electrons. The van der Waals surface area contributed by atoms with Gasteiger partial charge in [0.05, 0.1) is 11.2 Å². The molecule has 0 fully saturated rings. The Labute approximate surface area is 169 Å². The van der Waals surface area contributed by atoms with E-state index in [-0.39, 0.29) is 11.4 Å². The number of aliphatic imine (C=N–C) groups is 1. The minimum absolute atomic E-state index is 0.115. The fourth-order valence-electron chi connectivity index (χ4n) is 3.55. The molecule has 0 bridgehead atoms. The van der Waals surface area contributed by atoms with E-state index in [1.165, 1.54) is 5.57 Å². The standard InChI is InChI=1S/C22H24FIN2/c1-5-9-26-21-12-20(23)16(10-19(21)15(2)13-22(26,3)4)14-25-18-8-6-7-17(24)11-18/h6-8,10-14H,5,9H2,1-4H3. The van der Waals surface area contributed by atoms with E-state index in [2.05, 4.69) is 66.3 Å². The number of halogens is 2. The highest BCUT2D eigenvalue weighted by molar-refractivity contribution is 14.1. The predicted octanol–water partition coefficient (Wildman–Crippen LogP) is 6.59. The molecule has 26 heavy (non-hydrogen) atoms. The first-order valence-electron chi connectivity index (χ1n) is 8.92. The second-order valence-electron chi connectivity index (χ2n) is 7.26. The van der Waals surface area contributed by atoms with E-state index >= 15 is 0 Å². The van der Waals surface area contributed by atoms with Crippen molar-refractivity contribution in [2.45, 2.75) is 39.7 Å². The van der Waals surface area contributed by atoms with Crippen LogP contribution in [0.25, 0.3) is 5.57 Å². The number of hydrogen-bond donors (Lipinski definition) is 0. The molecule has 0 unspecified atom stereocenters. The van der Waals surface area contributed by atoms with Gasteiger partial charge in [-0.3, -0.25) is 4.99 Å². The number of fused-ring (bicyclic) bond motifs is 1. The van der Waals surface area contributed by atoms with Gasteiger partial charge >= 0.3 is 0 Å². The molecule has 1 heterocycles. The molecular formula is C22H24FIN2. The van der Waals surface area contributed by atoms with Gasteiger partial charge in [-0.05, 0) is 85.7 Å². The van der Waals surface area contributed by atoms with Gasteiger partial charge in [-0.1, -0.05) is 19.1 Å². The fourth-order valence-corrected chi connectivity index (χ4v) is 4.07. The molecule has 0 spiro atoms. The van der Waals surface area contributed by atoms with Crippen LogP contribution in [0, 0.1) is 9.39 Å². The minimum atomic E-state index is -0.232. The molecule has 0 aliphatic carbocycles. The van der Waals surface area contributed by atoms with Crippen LogP contribution in [0.5, 0.6) is 0 Å². The number of rotatable bonds is 4. The van der Waals surface area contributed by atoms with Gasteiger partial charge in [-0.25, -0.2) is 4.39 Å². The highest BCUT2D eigenvalue weighted by Crippen LogP contribution is 2.40. The summed E-state index contributed by atoms with van der Waals surface area (Å²) >= 11 is 2.25. The molecule has 1 aliphatic rings. The lowest BCUT2D eigenvalue weighted by Gasteiger charge is -2.43. The maximum atomic E-state index is 14.8. The van der Waals surface area contributed by atoms with Crippen LogP contribution in [-0.4, -0.2) is 18.3 Å². The summed E-state index contributed by atoms with van der Waals surface area (Å²) in [4.78, 5) is 6.74. The predicted molar refractivity (Wildman–Crippen MR) is 118 cm³/mol. The van der Waals surface area contributed by atoms with Gasteiger partial charge in [0.25, 0.3) is 0 Å². The van der Waals surface area contributed by atoms with Crippen molar-refractivity contribution < 1.29 is 4.39 Å². The zero-order valence-electron chi connectivity index (χ0n) is 15.7. The van der Waals surface area contributed by atoms with E-state index in [4.69, 9.17) is 0 Å². The van der Waals surface area contributed by atoms with Crippen LogP contribution in [-0.2, 0) is 0 Å². The molecule has 2 aromatic rings. The number of allylic oxidation sites excluding steroid dienone is 1. The highest BCUT2D eigenvalue weighted by Gasteiger charge is 2.31. The second kappa shape index (κ2) is 7.51. The summed E-state index contributed by atoms with van der Waals surface area (Å²) in [5.41, 5.74) is 4.47. The molecule has 0 aromatic heterocycles. The maximum absolute atomic E-state index is 14.8. The van der Waals surface area contributed by atoms with Crippen LogP contribution in [0.4, 0.5) is 15.8 Å². The van der Waals surface area contributed by atoms with Crippen molar-refractivity contribution in [1.82, 2.24) is 0 Å². The quantitative estimate of drug-likeness (QED) is 0.370. The Morgan fingerprint density at radius 2 is 2.00 bits per heavy atom. The van der Waals surface area contributed by atoms with Gasteiger partial charge in [0, 0.05) is 33.1 Å². The molecule has 1 aliphatic heterocycles. The molecule has 4 heteroatoms. The van der Waals surface area contributed by atoms with E-state index in [1.54, 1.807) is 12.3 Å². The Balaban J connectivity index is 2.03. The van der Waals surface area contributed by atoms with E-state index < -0.39 is 0 Å². The first-order chi connectivity index (χ1) is 12.3. The summed E-state index contributed by atoms with van der Waals surface area (Å²) in [5, 5.41) is 0. The smallest absolute Gasteiger partial charge is 0.134 e. The molecule has 2 aromatic carbocycles. The fraction of sp³-hybridized carbons (Fsp3) is 0.318. The summed E-state index contributed by atoms with van der Waals surface area (Å²) in [6, 6.07) is 11.5. The minimum Gasteiger partial charge on any atom is -0.362 e. The molecule has 0 atom stereocenters. The van der Waals surface area contributed by atoms with Crippen molar-refractivity contribution in [3.8, 4) is 0 Å². The molecule has 3 rings (SSSR count). The van der Waals surface area contributed by atoms with Crippen molar-refractivity contribution in [1.29, 1.82) is 0 Å². The zero-order chi connectivity index (χ0) is 18.9. The highest BCUT2D eigenvalue weighted by atomic mass is 127. The molecular weight excluding hydrogens is 438 g/mol. The van der Waals surface area contributed by atoms with Crippen molar-refractivity contribution in [3.05, 3.63) is 63.0 Å². The first kappa shape index (κ1) is 19.1. The number of nitrogens with zero attached hydrogens (tertiary/aromatic N) is 2. The van der Waals surface area contributed by atoms with Crippen LogP contribution in [0.1, 0.15) is 45.2 Å². The monoisotopic (exact) mass is 462 g/mol. The average Bonchev–Trinajstić information content (AvgIpc) is 2.57. The van der Waals surface area contributed by atoms with E-state index in [0.29, 0.717) is 5.56 Å². The van der Waals surface area contributed by atoms with Gasteiger partial charge in [0.15, 0.2) is 0 Å². The molecule has 2 nitrogen and oxygen atoms in total. The van der Waals surface area contributed by atoms with Crippen LogP contribution >= 0.6 is 22.6 Å². The normalized spacial score (nSPS) is 15.9. The molecule has 0 saturated carbocycles. The Kier molecular flexibility index (Phi) is 5.51. The van der Waals surface area contributed by atoms with Crippen LogP contribution in [0.2, 0.25) is 0 Å². The van der Waals surface area contributed by atoms with Crippen LogP contribution in [0.3, 0.4) is 0 Å². The third-order valence-electron chi connectivity index (χ3n) is 4.70. The Morgan fingerprint density at radius 3 is 2.69 bits per heavy atom. The summed E-state index contributed by atoms with van der Waals surface area (Å²) in [5.74, 6) is -0.232. The van der Waals surface area contributed by atoms with E-state index in [9.17, 15) is 4.39 Å². The summed E-state index contributed by atoms with van der Waals surface area (Å²) < 4.78 is 15.9. The molecule has 0 radical (unpaired) electrons. The summed E-state index contributed by atoms with van der Waals surface area (Å²) in [6.45, 7) is 9.51. The number of anilines is 1. The lowest BCUT2D eigenvalue weighted by Crippen LogP contribution is -2.45. The SMILES string of the molecule is CCCN1c2cc(F)c(C=Nc3cccc(I)c3)cc2C(C)=CC1(C)C. The lowest BCUT2D eigenvalue weighted by atomic mass is 9.87. The van der Waals surface area contributed by atoms with Gasteiger partial charge in [0.1, 0.15) is 5.82 Å². The van der Waals surface area contributed by atoms with Gasteiger partial charge < -0.3 is 4.90 Å². The average molecular weight is 462 g/mol. The van der Waals surface area contributed by atoms with Gasteiger partial charge in [-0.2, -0.15) is 0 Å². The topological polar surface area (TPSA) is 15.6 Å². The second-order valence-corrected chi connectivity index (χ2v) is 8.51. The van der Waals surface area contributed by atoms with Crippen molar-refractivity contribution >= 4 is 45.8 Å². The largest absolute Gasteiger partial charge is 0.362 e. The number of benzene rings is 2. The van der Waals surface area contributed by atoms with E-state index in [1.807, 2.05) is 30.3 Å². The maximum Gasteiger partial charge on any atom is 0.134 e. The molecule has 0 amide bonds. The third-order valence-corrected chi connectivity index (χ3v) is 5.38. The van der Waals surface area contributed by atoms with Gasteiger partial charge in [-0.15, -0.1) is 0 Å². The van der Waals surface area contributed by atoms with Crippen molar-refractivity contribution in [3.63, 3.8) is 0 Å². The summed E-state index contributed by atoms with van der Waals surface area (Å²) in [7, 11) is 0. The van der Waals surface area contributed by atoms with Crippen molar-refractivity contribution in [2.75, 3.05) is 11.4 Å².